The third-order valence-electron chi connectivity index (χ3n) is 2.52. The van der Waals surface area contributed by atoms with Crippen LogP contribution in [0.4, 0.5) is 0 Å². The molecule has 1 N–H and O–H groups in total. The summed E-state index contributed by atoms with van der Waals surface area (Å²) in [7, 11) is 0. The van der Waals surface area contributed by atoms with E-state index in [1.807, 2.05) is 12.3 Å². The van der Waals surface area contributed by atoms with E-state index in [0.29, 0.717) is 10.4 Å². The minimum Gasteiger partial charge on any atom is -0.311 e. The highest BCUT2D eigenvalue weighted by molar-refractivity contribution is 8.14. The van der Waals surface area contributed by atoms with E-state index in [4.69, 9.17) is 12.2 Å². The predicted molar refractivity (Wildman–Crippen MR) is 74.2 cm³/mol. The molecule has 6 heteroatoms. The molecule has 1 aliphatic carbocycles. The second-order valence-corrected chi connectivity index (χ2v) is 5.23. The van der Waals surface area contributed by atoms with Crippen LogP contribution in [0, 0.1) is 0 Å². The summed E-state index contributed by atoms with van der Waals surface area (Å²) < 4.78 is 1.76. The quantitative estimate of drug-likeness (QED) is 0.721. The summed E-state index contributed by atoms with van der Waals surface area (Å²) in [4.78, 5) is 8.53. The maximum absolute atomic E-state index is 5.26. The Bertz CT molecular complexity index is 516. The molecule has 4 nitrogen and oxygen atoms in total. The molecular formula is C11H10N4S2. The molecule has 0 bridgehead atoms. The zero-order chi connectivity index (χ0) is 11.7. The van der Waals surface area contributed by atoms with Crippen LogP contribution in [0.3, 0.4) is 0 Å². The van der Waals surface area contributed by atoms with Gasteiger partial charge in [-0.15, -0.1) is 0 Å². The Morgan fingerprint density at radius 2 is 2.29 bits per heavy atom. The van der Waals surface area contributed by atoms with Gasteiger partial charge in [-0.3, -0.25) is 9.56 Å². The number of aliphatic imine (C=N–C) groups is 1. The van der Waals surface area contributed by atoms with E-state index < -0.39 is 0 Å². The van der Waals surface area contributed by atoms with Crippen molar-refractivity contribution in [2.24, 2.45) is 4.99 Å². The van der Waals surface area contributed by atoms with Gasteiger partial charge in [0.25, 0.3) is 0 Å². The maximum Gasteiger partial charge on any atom is 0.184 e. The van der Waals surface area contributed by atoms with E-state index >= 15 is 0 Å². The number of hydrogen-bond donors (Lipinski definition) is 1. The first-order valence-corrected chi connectivity index (χ1v) is 6.50. The van der Waals surface area contributed by atoms with Crippen LogP contribution in [0.2, 0.25) is 0 Å². The number of nitrogens with one attached hydrogen (secondary N) is 1. The van der Waals surface area contributed by atoms with E-state index in [2.05, 4.69) is 33.5 Å². The number of imidazole rings is 1. The van der Waals surface area contributed by atoms with Crippen molar-refractivity contribution in [1.29, 1.82) is 0 Å². The van der Waals surface area contributed by atoms with E-state index in [0.717, 1.165) is 5.17 Å². The van der Waals surface area contributed by atoms with Gasteiger partial charge in [0, 0.05) is 12.4 Å². The predicted octanol–water partition coefficient (Wildman–Crippen LogP) is 1.57. The summed E-state index contributed by atoms with van der Waals surface area (Å²) in [6.07, 6.45) is 13.5. The summed E-state index contributed by atoms with van der Waals surface area (Å²) in [5.74, 6) is 0. The number of thiocarbonyl (C=S) groups is 1. The van der Waals surface area contributed by atoms with Gasteiger partial charge in [0.15, 0.2) is 10.3 Å². The molecule has 0 spiro atoms. The standard InChI is InChI=1S/C11H10N4S2/c16-11(15-6-5-12-7-15)14-10-13-8-3-1-2-4-9(8)17-10/h1-9H,(H,13,14,16). The molecule has 0 fully saturated rings. The van der Waals surface area contributed by atoms with Crippen LogP contribution in [-0.2, 0) is 0 Å². The number of amidine groups is 1. The summed E-state index contributed by atoms with van der Waals surface area (Å²) in [5, 5.41) is 5.00. The lowest BCUT2D eigenvalue weighted by atomic mass is 10.1. The van der Waals surface area contributed by atoms with Gasteiger partial charge in [-0.05, 0) is 12.2 Å². The summed E-state index contributed by atoms with van der Waals surface area (Å²) in [5.41, 5.74) is 0. The van der Waals surface area contributed by atoms with Crippen molar-refractivity contribution in [3.63, 3.8) is 0 Å². The van der Waals surface area contributed by atoms with E-state index in [9.17, 15) is 0 Å². The first kappa shape index (κ1) is 10.7. The fourth-order valence-electron chi connectivity index (χ4n) is 1.69. The van der Waals surface area contributed by atoms with Gasteiger partial charge in [0.2, 0.25) is 0 Å². The van der Waals surface area contributed by atoms with Crippen LogP contribution >= 0.6 is 24.0 Å². The zero-order valence-corrected chi connectivity index (χ0v) is 10.5. The van der Waals surface area contributed by atoms with Crippen LogP contribution in [0.15, 0.2) is 48.0 Å². The van der Waals surface area contributed by atoms with Crippen LogP contribution in [0.25, 0.3) is 0 Å². The van der Waals surface area contributed by atoms with Gasteiger partial charge in [-0.25, -0.2) is 4.98 Å². The largest absolute Gasteiger partial charge is 0.311 e. The number of aromatic nitrogens is 2. The Labute approximate surface area is 109 Å². The van der Waals surface area contributed by atoms with Gasteiger partial charge in [0.05, 0.1) is 11.3 Å². The third kappa shape index (κ3) is 2.18. The zero-order valence-electron chi connectivity index (χ0n) is 8.85. The van der Waals surface area contributed by atoms with Crippen molar-refractivity contribution in [3.05, 3.63) is 43.0 Å². The van der Waals surface area contributed by atoms with E-state index in [1.54, 1.807) is 28.9 Å². The molecule has 0 amide bonds. The second-order valence-electron chi connectivity index (χ2n) is 3.68. The number of thioether (sulfide) groups is 1. The molecule has 2 heterocycles. The fraction of sp³-hybridized carbons (Fsp3) is 0.182. The number of allylic oxidation sites excluding steroid dienone is 2. The topological polar surface area (TPSA) is 42.2 Å². The fourth-order valence-corrected chi connectivity index (χ4v) is 3.02. The second kappa shape index (κ2) is 4.46. The highest BCUT2D eigenvalue weighted by atomic mass is 32.2. The molecule has 0 radical (unpaired) electrons. The third-order valence-corrected chi connectivity index (χ3v) is 3.98. The minimum atomic E-state index is 0.234. The molecule has 86 valence electrons. The first-order chi connectivity index (χ1) is 8.33. The van der Waals surface area contributed by atoms with Gasteiger partial charge < -0.3 is 5.32 Å². The van der Waals surface area contributed by atoms with E-state index in [-0.39, 0.29) is 6.04 Å². The van der Waals surface area contributed by atoms with Crippen molar-refractivity contribution in [2.75, 3.05) is 0 Å². The molecule has 2 unspecified atom stereocenters. The van der Waals surface area contributed by atoms with Crippen molar-refractivity contribution < 1.29 is 0 Å². The van der Waals surface area contributed by atoms with Crippen LogP contribution < -0.4 is 5.32 Å². The molecular weight excluding hydrogens is 252 g/mol. The normalized spacial score (nSPS) is 25.5. The SMILES string of the molecule is S=C(NC1=NC2C=CC=CC2S1)n1ccnc1. The molecule has 0 saturated heterocycles. The van der Waals surface area contributed by atoms with E-state index in [1.165, 1.54) is 0 Å². The summed E-state index contributed by atoms with van der Waals surface area (Å²) in [6, 6.07) is 0.234. The van der Waals surface area contributed by atoms with Crippen LogP contribution in [-0.4, -0.2) is 31.1 Å². The Morgan fingerprint density at radius 3 is 3.06 bits per heavy atom. The number of nitrogens with zero attached hydrogens (tertiary/aromatic N) is 3. The van der Waals surface area contributed by atoms with Crippen molar-refractivity contribution >= 4 is 34.3 Å². The molecule has 0 aromatic carbocycles. The van der Waals surface area contributed by atoms with Crippen LogP contribution in [0.5, 0.6) is 0 Å². The summed E-state index contributed by atoms with van der Waals surface area (Å²) >= 11 is 6.96. The number of fused-ring (bicyclic) bond motifs is 1. The molecule has 1 aliphatic heterocycles. The molecule has 1 aromatic heterocycles. The van der Waals surface area contributed by atoms with Crippen molar-refractivity contribution in [1.82, 2.24) is 14.9 Å². The Kier molecular flexibility index (Phi) is 2.82. The Hall–Kier alpha value is -1.40. The van der Waals surface area contributed by atoms with Crippen LogP contribution in [0.1, 0.15) is 0 Å². The lowest BCUT2D eigenvalue weighted by Gasteiger charge is -2.11. The Balaban J connectivity index is 1.69. The minimum absolute atomic E-state index is 0.234. The van der Waals surface area contributed by atoms with Gasteiger partial charge in [0.1, 0.15) is 6.33 Å². The highest BCUT2D eigenvalue weighted by Gasteiger charge is 2.27. The van der Waals surface area contributed by atoms with Gasteiger partial charge in [-0.1, -0.05) is 36.1 Å². The highest BCUT2D eigenvalue weighted by Crippen LogP contribution is 2.29. The first-order valence-electron chi connectivity index (χ1n) is 5.22. The maximum atomic E-state index is 5.26. The number of rotatable bonds is 0. The van der Waals surface area contributed by atoms with Crippen molar-refractivity contribution in [2.45, 2.75) is 11.3 Å². The van der Waals surface area contributed by atoms with Crippen molar-refractivity contribution in [3.8, 4) is 0 Å². The molecule has 3 rings (SSSR count). The average Bonchev–Trinajstić information content (AvgIpc) is 2.97. The van der Waals surface area contributed by atoms with Gasteiger partial charge >= 0.3 is 0 Å². The monoisotopic (exact) mass is 262 g/mol. The van der Waals surface area contributed by atoms with Gasteiger partial charge in [-0.2, -0.15) is 0 Å². The lowest BCUT2D eigenvalue weighted by molar-refractivity contribution is 0.859. The molecule has 2 aliphatic rings. The lowest BCUT2D eigenvalue weighted by Crippen LogP contribution is -2.30. The molecule has 1 aromatic rings. The summed E-state index contributed by atoms with van der Waals surface area (Å²) in [6.45, 7) is 0. The molecule has 17 heavy (non-hydrogen) atoms. The molecule has 0 saturated carbocycles. The molecule has 2 atom stereocenters. The Morgan fingerprint density at radius 1 is 1.41 bits per heavy atom. The smallest absolute Gasteiger partial charge is 0.184 e. The average molecular weight is 262 g/mol. The number of hydrogen-bond acceptors (Lipinski definition) is 4.